The SMILES string of the molecule is Cc1noc(CCNc2cc(N)c(C)cn2)n1. The van der Waals surface area contributed by atoms with Crippen LogP contribution in [-0.4, -0.2) is 21.7 Å². The zero-order valence-electron chi connectivity index (χ0n) is 9.90. The lowest BCUT2D eigenvalue weighted by Crippen LogP contribution is -2.07. The van der Waals surface area contributed by atoms with E-state index in [2.05, 4.69) is 20.4 Å². The second-order valence-electron chi connectivity index (χ2n) is 3.84. The summed E-state index contributed by atoms with van der Waals surface area (Å²) in [6.07, 6.45) is 2.41. The van der Waals surface area contributed by atoms with Crippen LogP contribution in [0.3, 0.4) is 0 Å². The first kappa shape index (κ1) is 11.4. The Morgan fingerprint density at radius 1 is 1.41 bits per heavy atom. The van der Waals surface area contributed by atoms with Crippen molar-refractivity contribution >= 4 is 11.5 Å². The van der Waals surface area contributed by atoms with Gasteiger partial charge in [-0.2, -0.15) is 4.98 Å². The van der Waals surface area contributed by atoms with E-state index < -0.39 is 0 Å². The average Bonchev–Trinajstić information content (AvgIpc) is 2.70. The van der Waals surface area contributed by atoms with Gasteiger partial charge >= 0.3 is 0 Å². The molecule has 2 heterocycles. The number of hydrogen-bond acceptors (Lipinski definition) is 6. The van der Waals surface area contributed by atoms with Crippen molar-refractivity contribution in [2.45, 2.75) is 20.3 Å². The number of pyridine rings is 1. The summed E-state index contributed by atoms with van der Waals surface area (Å²) in [5, 5.41) is 6.87. The number of rotatable bonds is 4. The standard InChI is InChI=1S/C11H15N5O/c1-7-6-14-10(5-9(7)12)13-4-3-11-15-8(2)16-17-11/h5-6H,3-4H2,1-2H3,(H3,12,13,14). The number of aryl methyl sites for hydroxylation is 2. The number of hydrogen-bond donors (Lipinski definition) is 2. The summed E-state index contributed by atoms with van der Waals surface area (Å²) in [6, 6.07) is 1.81. The van der Waals surface area contributed by atoms with E-state index in [-0.39, 0.29) is 0 Å². The summed E-state index contributed by atoms with van der Waals surface area (Å²) < 4.78 is 5.00. The van der Waals surface area contributed by atoms with Gasteiger partial charge in [-0.15, -0.1) is 0 Å². The Balaban J connectivity index is 1.87. The smallest absolute Gasteiger partial charge is 0.228 e. The first-order valence-corrected chi connectivity index (χ1v) is 5.40. The third kappa shape index (κ3) is 2.93. The molecule has 3 N–H and O–H groups in total. The second-order valence-corrected chi connectivity index (χ2v) is 3.84. The molecule has 2 rings (SSSR count). The second kappa shape index (κ2) is 4.82. The normalized spacial score (nSPS) is 10.5. The topological polar surface area (TPSA) is 89.9 Å². The molecule has 0 aliphatic heterocycles. The van der Waals surface area contributed by atoms with Gasteiger partial charge in [0.1, 0.15) is 5.82 Å². The maximum Gasteiger partial charge on any atom is 0.228 e. The maximum absolute atomic E-state index is 5.79. The molecule has 0 aromatic carbocycles. The lowest BCUT2D eigenvalue weighted by atomic mass is 10.2. The fourth-order valence-electron chi connectivity index (χ4n) is 1.38. The molecule has 6 nitrogen and oxygen atoms in total. The molecule has 90 valence electrons. The fraction of sp³-hybridized carbons (Fsp3) is 0.364. The van der Waals surface area contributed by atoms with Crippen LogP contribution in [0.5, 0.6) is 0 Å². The van der Waals surface area contributed by atoms with Crippen molar-refractivity contribution in [1.82, 2.24) is 15.1 Å². The van der Waals surface area contributed by atoms with Gasteiger partial charge in [-0.05, 0) is 19.4 Å². The summed E-state index contributed by atoms with van der Waals surface area (Å²) in [6.45, 7) is 4.40. The molecule has 0 spiro atoms. The molecule has 2 aromatic rings. The highest BCUT2D eigenvalue weighted by molar-refractivity contribution is 5.53. The molecule has 0 saturated heterocycles. The van der Waals surface area contributed by atoms with Gasteiger partial charge < -0.3 is 15.6 Å². The van der Waals surface area contributed by atoms with Crippen molar-refractivity contribution < 1.29 is 4.52 Å². The highest BCUT2D eigenvalue weighted by Crippen LogP contribution is 2.13. The number of aromatic nitrogens is 3. The quantitative estimate of drug-likeness (QED) is 0.827. The van der Waals surface area contributed by atoms with Gasteiger partial charge in [0.25, 0.3) is 0 Å². The van der Waals surface area contributed by atoms with E-state index in [1.54, 1.807) is 13.1 Å². The van der Waals surface area contributed by atoms with Gasteiger partial charge in [0.2, 0.25) is 5.89 Å². The molecule has 17 heavy (non-hydrogen) atoms. The Kier molecular flexibility index (Phi) is 3.22. The Morgan fingerprint density at radius 3 is 2.88 bits per heavy atom. The van der Waals surface area contributed by atoms with Crippen molar-refractivity contribution in [2.75, 3.05) is 17.6 Å². The minimum atomic E-state index is 0.620. The molecule has 0 saturated carbocycles. The first-order valence-electron chi connectivity index (χ1n) is 5.40. The van der Waals surface area contributed by atoms with Crippen molar-refractivity contribution in [1.29, 1.82) is 0 Å². The van der Waals surface area contributed by atoms with E-state index in [9.17, 15) is 0 Å². The van der Waals surface area contributed by atoms with Crippen LogP contribution in [0, 0.1) is 13.8 Å². The monoisotopic (exact) mass is 233 g/mol. The molecular formula is C11H15N5O. The van der Waals surface area contributed by atoms with Crippen LogP contribution in [0.15, 0.2) is 16.8 Å². The highest BCUT2D eigenvalue weighted by Gasteiger charge is 2.02. The van der Waals surface area contributed by atoms with E-state index in [0.29, 0.717) is 24.7 Å². The Labute approximate surface area is 99.2 Å². The summed E-state index contributed by atoms with van der Waals surface area (Å²) in [5.41, 5.74) is 7.49. The van der Waals surface area contributed by atoms with E-state index in [1.165, 1.54) is 0 Å². The summed E-state index contributed by atoms with van der Waals surface area (Å²) >= 11 is 0. The van der Waals surface area contributed by atoms with E-state index in [0.717, 1.165) is 17.1 Å². The van der Waals surface area contributed by atoms with Crippen molar-refractivity contribution in [3.05, 3.63) is 29.5 Å². The van der Waals surface area contributed by atoms with Gasteiger partial charge in [-0.1, -0.05) is 5.16 Å². The van der Waals surface area contributed by atoms with Crippen LogP contribution in [0.25, 0.3) is 0 Å². The minimum absolute atomic E-state index is 0.620. The number of nitrogen functional groups attached to an aromatic ring is 1. The zero-order chi connectivity index (χ0) is 12.3. The van der Waals surface area contributed by atoms with Gasteiger partial charge in [0.15, 0.2) is 5.82 Å². The van der Waals surface area contributed by atoms with Crippen LogP contribution >= 0.6 is 0 Å². The molecule has 0 atom stereocenters. The first-order chi connectivity index (χ1) is 8.15. The van der Waals surface area contributed by atoms with Gasteiger partial charge in [0.05, 0.1) is 0 Å². The van der Waals surface area contributed by atoms with Crippen LogP contribution in [0.2, 0.25) is 0 Å². The van der Waals surface area contributed by atoms with Crippen LogP contribution in [0.4, 0.5) is 11.5 Å². The number of nitrogens with two attached hydrogens (primary N) is 1. The predicted octanol–water partition coefficient (Wildman–Crippen LogP) is 1.32. The van der Waals surface area contributed by atoms with E-state index in [1.807, 2.05) is 13.0 Å². The molecule has 6 heteroatoms. The van der Waals surface area contributed by atoms with Crippen LogP contribution in [-0.2, 0) is 6.42 Å². The largest absolute Gasteiger partial charge is 0.398 e. The highest BCUT2D eigenvalue weighted by atomic mass is 16.5. The van der Waals surface area contributed by atoms with Gasteiger partial charge in [0, 0.05) is 30.9 Å². The van der Waals surface area contributed by atoms with Gasteiger partial charge in [-0.25, -0.2) is 4.98 Å². The minimum Gasteiger partial charge on any atom is -0.398 e. The fourth-order valence-corrected chi connectivity index (χ4v) is 1.38. The van der Waals surface area contributed by atoms with Crippen molar-refractivity contribution in [3.8, 4) is 0 Å². The third-order valence-corrected chi connectivity index (χ3v) is 2.36. The molecule has 0 fully saturated rings. The molecule has 0 aliphatic carbocycles. The lowest BCUT2D eigenvalue weighted by Gasteiger charge is -2.05. The summed E-state index contributed by atoms with van der Waals surface area (Å²) in [5.74, 6) is 2.03. The zero-order valence-corrected chi connectivity index (χ0v) is 9.90. The number of nitrogens with one attached hydrogen (secondary N) is 1. The molecule has 2 aromatic heterocycles. The number of nitrogens with zero attached hydrogens (tertiary/aromatic N) is 3. The Hall–Kier alpha value is -2.11. The lowest BCUT2D eigenvalue weighted by molar-refractivity contribution is 0.377. The molecule has 0 aliphatic rings. The van der Waals surface area contributed by atoms with Crippen LogP contribution in [0.1, 0.15) is 17.3 Å². The predicted molar refractivity (Wildman–Crippen MR) is 64.6 cm³/mol. The maximum atomic E-state index is 5.79. The Bertz CT molecular complexity index is 508. The van der Waals surface area contributed by atoms with Crippen molar-refractivity contribution in [2.24, 2.45) is 0 Å². The average molecular weight is 233 g/mol. The van der Waals surface area contributed by atoms with Gasteiger partial charge in [-0.3, -0.25) is 0 Å². The Morgan fingerprint density at radius 2 is 2.24 bits per heavy atom. The third-order valence-electron chi connectivity index (χ3n) is 2.36. The van der Waals surface area contributed by atoms with Crippen LogP contribution < -0.4 is 11.1 Å². The summed E-state index contributed by atoms with van der Waals surface area (Å²) in [7, 11) is 0. The van der Waals surface area contributed by atoms with Crippen molar-refractivity contribution in [3.63, 3.8) is 0 Å². The molecular weight excluding hydrogens is 218 g/mol. The molecule has 0 bridgehead atoms. The van der Waals surface area contributed by atoms with E-state index >= 15 is 0 Å². The molecule has 0 amide bonds. The molecule has 0 unspecified atom stereocenters. The summed E-state index contributed by atoms with van der Waals surface area (Å²) in [4.78, 5) is 8.33. The molecule has 0 radical (unpaired) electrons. The van der Waals surface area contributed by atoms with E-state index in [4.69, 9.17) is 10.3 Å². The number of anilines is 2.